The maximum Gasteiger partial charge on any atom is 0.173 e. The van der Waals surface area contributed by atoms with Crippen molar-refractivity contribution in [2.24, 2.45) is 0 Å². The normalized spacial score (nSPS) is 15.5. The second-order valence-corrected chi connectivity index (χ2v) is 6.81. The standard InChI is InChI=1S/C18H24N4OS/c1-13-4-5-16(10-14(13)2)19-18(24)22-8-6-21(7-9-22)12-17-11-15(3)23-20-17/h4-5,10-11H,6-9,12H2,1-3H3,(H,19,24). The fourth-order valence-electron chi connectivity index (χ4n) is 2.85. The van der Waals surface area contributed by atoms with Crippen LogP contribution in [0, 0.1) is 20.8 Å². The van der Waals surface area contributed by atoms with E-state index in [9.17, 15) is 0 Å². The highest BCUT2D eigenvalue weighted by atomic mass is 32.1. The summed E-state index contributed by atoms with van der Waals surface area (Å²) in [6.07, 6.45) is 0. The maximum atomic E-state index is 5.57. The molecule has 1 aromatic heterocycles. The van der Waals surface area contributed by atoms with Gasteiger partial charge in [-0.15, -0.1) is 0 Å². The Balaban J connectivity index is 1.50. The number of thiocarbonyl (C=S) groups is 1. The molecule has 2 heterocycles. The van der Waals surface area contributed by atoms with Crippen LogP contribution in [0.4, 0.5) is 5.69 Å². The summed E-state index contributed by atoms with van der Waals surface area (Å²) in [5, 5.41) is 8.23. The van der Waals surface area contributed by atoms with E-state index in [0.717, 1.165) is 55.0 Å². The molecular formula is C18H24N4OS. The first kappa shape index (κ1) is 16.9. The molecule has 0 aliphatic carbocycles. The minimum absolute atomic E-state index is 0.801. The molecule has 1 aliphatic rings. The third-order valence-corrected chi connectivity index (χ3v) is 4.84. The molecular weight excluding hydrogens is 320 g/mol. The molecule has 1 saturated heterocycles. The van der Waals surface area contributed by atoms with Crippen molar-refractivity contribution in [3.8, 4) is 0 Å². The third kappa shape index (κ3) is 4.13. The van der Waals surface area contributed by atoms with Crippen LogP contribution >= 0.6 is 12.2 Å². The summed E-state index contributed by atoms with van der Waals surface area (Å²) in [6, 6.07) is 8.35. The van der Waals surface area contributed by atoms with Crippen molar-refractivity contribution in [3.05, 3.63) is 46.8 Å². The predicted octanol–water partition coefficient (Wildman–Crippen LogP) is 3.11. The molecule has 1 aromatic carbocycles. The second-order valence-electron chi connectivity index (χ2n) is 6.42. The van der Waals surface area contributed by atoms with Crippen LogP contribution in [0.1, 0.15) is 22.6 Å². The molecule has 1 aliphatic heterocycles. The highest BCUT2D eigenvalue weighted by Gasteiger charge is 2.20. The van der Waals surface area contributed by atoms with Gasteiger partial charge >= 0.3 is 0 Å². The molecule has 0 saturated carbocycles. The number of benzene rings is 1. The Labute approximate surface area is 148 Å². The SMILES string of the molecule is Cc1cc(CN2CCN(C(=S)Nc3ccc(C)c(C)c3)CC2)no1. The van der Waals surface area contributed by atoms with Gasteiger partial charge in [-0.1, -0.05) is 11.2 Å². The molecule has 1 N–H and O–H groups in total. The highest BCUT2D eigenvalue weighted by molar-refractivity contribution is 7.80. The Morgan fingerprint density at radius 3 is 2.50 bits per heavy atom. The quantitative estimate of drug-likeness (QED) is 0.863. The van der Waals surface area contributed by atoms with Gasteiger partial charge in [-0.3, -0.25) is 4.90 Å². The Bertz CT molecular complexity index is 720. The monoisotopic (exact) mass is 344 g/mol. The Hall–Kier alpha value is -1.92. The summed E-state index contributed by atoms with van der Waals surface area (Å²) in [7, 11) is 0. The number of nitrogens with one attached hydrogen (secondary N) is 1. The molecule has 0 amide bonds. The molecule has 6 heteroatoms. The number of hydrogen-bond acceptors (Lipinski definition) is 4. The molecule has 5 nitrogen and oxygen atoms in total. The van der Waals surface area contributed by atoms with Gasteiger partial charge < -0.3 is 14.7 Å². The van der Waals surface area contributed by atoms with Gasteiger partial charge in [0, 0.05) is 44.5 Å². The minimum Gasteiger partial charge on any atom is -0.361 e. The molecule has 0 atom stereocenters. The van der Waals surface area contributed by atoms with Crippen LogP contribution in [0.2, 0.25) is 0 Å². The Morgan fingerprint density at radius 2 is 1.88 bits per heavy atom. The number of rotatable bonds is 3. The molecule has 0 bridgehead atoms. The molecule has 3 rings (SSSR count). The van der Waals surface area contributed by atoms with Gasteiger partial charge in [0.1, 0.15) is 5.76 Å². The number of aromatic nitrogens is 1. The average Bonchev–Trinajstić information content (AvgIpc) is 2.96. The molecule has 2 aromatic rings. The largest absolute Gasteiger partial charge is 0.361 e. The van der Waals surface area contributed by atoms with Crippen molar-refractivity contribution in [1.29, 1.82) is 0 Å². The third-order valence-electron chi connectivity index (χ3n) is 4.48. The van der Waals surface area contributed by atoms with Crippen molar-refractivity contribution in [2.45, 2.75) is 27.3 Å². The highest BCUT2D eigenvalue weighted by Crippen LogP contribution is 2.16. The average molecular weight is 344 g/mol. The van der Waals surface area contributed by atoms with E-state index in [1.807, 2.05) is 13.0 Å². The van der Waals surface area contributed by atoms with Gasteiger partial charge in [-0.05, 0) is 56.2 Å². The van der Waals surface area contributed by atoms with Crippen molar-refractivity contribution < 1.29 is 4.52 Å². The zero-order valence-corrected chi connectivity index (χ0v) is 15.3. The fourth-order valence-corrected chi connectivity index (χ4v) is 3.15. The molecule has 0 unspecified atom stereocenters. The van der Waals surface area contributed by atoms with E-state index in [4.69, 9.17) is 16.7 Å². The first-order valence-corrected chi connectivity index (χ1v) is 8.70. The summed E-state index contributed by atoms with van der Waals surface area (Å²) in [6.45, 7) is 10.8. The van der Waals surface area contributed by atoms with Crippen LogP contribution in [0.25, 0.3) is 0 Å². The summed E-state index contributed by atoms with van der Waals surface area (Å²) in [5.41, 5.74) is 4.62. The van der Waals surface area contributed by atoms with Crippen LogP contribution in [-0.4, -0.2) is 46.2 Å². The Kier molecular flexibility index (Phi) is 5.16. The van der Waals surface area contributed by atoms with Gasteiger partial charge in [0.2, 0.25) is 0 Å². The topological polar surface area (TPSA) is 44.5 Å². The van der Waals surface area contributed by atoms with Crippen LogP contribution in [0.5, 0.6) is 0 Å². The Morgan fingerprint density at radius 1 is 1.12 bits per heavy atom. The zero-order valence-electron chi connectivity index (χ0n) is 14.5. The molecule has 24 heavy (non-hydrogen) atoms. The first-order chi connectivity index (χ1) is 11.5. The molecule has 1 fully saturated rings. The smallest absolute Gasteiger partial charge is 0.173 e. The molecule has 0 radical (unpaired) electrons. The van der Waals surface area contributed by atoms with Gasteiger partial charge in [-0.25, -0.2) is 0 Å². The van der Waals surface area contributed by atoms with Crippen molar-refractivity contribution in [2.75, 3.05) is 31.5 Å². The van der Waals surface area contributed by atoms with Gasteiger partial charge in [0.25, 0.3) is 0 Å². The van der Waals surface area contributed by atoms with E-state index in [2.05, 4.69) is 52.3 Å². The number of hydrogen-bond donors (Lipinski definition) is 1. The van der Waals surface area contributed by atoms with Crippen LogP contribution < -0.4 is 5.32 Å². The van der Waals surface area contributed by atoms with Crippen LogP contribution in [-0.2, 0) is 6.54 Å². The van der Waals surface area contributed by atoms with Gasteiger partial charge in [-0.2, -0.15) is 0 Å². The number of aryl methyl sites for hydroxylation is 3. The molecule has 0 spiro atoms. The van der Waals surface area contributed by atoms with Gasteiger partial charge in [0.15, 0.2) is 5.11 Å². The maximum absolute atomic E-state index is 5.57. The second kappa shape index (κ2) is 7.32. The van der Waals surface area contributed by atoms with Gasteiger partial charge in [0.05, 0.1) is 5.69 Å². The van der Waals surface area contributed by atoms with E-state index in [1.54, 1.807) is 0 Å². The summed E-state index contributed by atoms with van der Waals surface area (Å²) in [4.78, 5) is 4.61. The van der Waals surface area contributed by atoms with E-state index in [1.165, 1.54) is 11.1 Å². The predicted molar refractivity (Wildman–Crippen MR) is 100 cm³/mol. The zero-order chi connectivity index (χ0) is 17.1. The minimum atomic E-state index is 0.801. The van der Waals surface area contributed by atoms with E-state index < -0.39 is 0 Å². The van der Waals surface area contributed by atoms with Crippen molar-refractivity contribution >= 4 is 23.0 Å². The lowest BCUT2D eigenvalue weighted by Crippen LogP contribution is -2.49. The van der Waals surface area contributed by atoms with E-state index >= 15 is 0 Å². The number of piperazine rings is 1. The number of anilines is 1. The van der Waals surface area contributed by atoms with E-state index in [0.29, 0.717) is 0 Å². The lowest BCUT2D eigenvalue weighted by atomic mass is 10.1. The molecule has 128 valence electrons. The van der Waals surface area contributed by atoms with Crippen LogP contribution in [0.15, 0.2) is 28.8 Å². The lowest BCUT2D eigenvalue weighted by Gasteiger charge is -2.35. The first-order valence-electron chi connectivity index (χ1n) is 8.29. The van der Waals surface area contributed by atoms with E-state index in [-0.39, 0.29) is 0 Å². The van der Waals surface area contributed by atoms with Crippen molar-refractivity contribution in [1.82, 2.24) is 15.0 Å². The van der Waals surface area contributed by atoms with Crippen LogP contribution in [0.3, 0.4) is 0 Å². The number of nitrogens with zero attached hydrogens (tertiary/aromatic N) is 3. The summed E-state index contributed by atoms with van der Waals surface area (Å²) >= 11 is 5.57. The fraction of sp³-hybridized carbons (Fsp3) is 0.444. The summed E-state index contributed by atoms with van der Waals surface area (Å²) < 4.78 is 5.13. The summed E-state index contributed by atoms with van der Waals surface area (Å²) in [5.74, 6) is 0.863. The van der Waals surface area contributed by atoms with Crippen molar-refractivity contribution in [3.63, 3.8) is 0 Å². The lowest BCUT2D eigenvalue weighted by molar-refractivity contribution is 0.173.